The molecule has 1 saturated carbocycles. The summed E-state index contributed by atoms with van der Waals surface area (Å²) in [4.78, 5) is 34.7. The minimum Gasteiger partial charge on any atom is -0.494 e. The van der Waals surface area contributed by atoms with E-state index in [-0.39, 0.29) is 18.6 Å². The van der Waals surface area contributed by atoms with E-state index in [2.05, 4.69) is 37.8 Å². The summed E-state index contributed by atoms with van der Waals surface area (Å²) in [6.07, 6.45) is 9.15. The van der Waals surface area contributed by atoms with Gasteiger partial charge in [0.15, 0.2) is 11.6 Å². The van der Waals surface area contributed by atoms with Gasteiger partial charge in [-0.2, -0.15) is 15.0 Å². The number of carboxylic acids is 2. The number of nitrogens with one attached hydrogen (secondary N) is 4. The Morgan fingerprint density at radius 1 is 0.976 bits per heavy atom. The number of carboxylic acid groups (broad SMARTS) is 2. The van der Waals surface area contributed by atoms with Crippen LogP contribution in [0.25, 0.3) is 0 Å². The molecule has 0 bridgehead atoms. The van der Waals surface area contributed by atoms with Crippen LogP contribution in [0.1, 0.15) is 71.1 Å². The molecule has 1 aliphatic carbocycles. The predicted molar refractivity (Wildman–Crippen MR) is 154 cm³/mol. The Morgan fingerprint density at radius 2 is 1.63 bits per heavy atom. The van der Waals surface area contributed by atoms with Gasteiger partial charge in [-0.15, -0.1) is 0 Å². The number of nitrogens with zero attached hydrogens (tertiary/aromatic N) is 3. The number of methoxy groups -OCH3 is 1. The third-order valence-electron chi connectivity index (χ3n) is 7.37. The number of benzene rings is 1. The summed E-state index contributed by atoms with van der Waals surface area (Å²) in [5.74, 6) is -0.898. The topological polar surface area (TPSA) is 163 Å². The smallest absolute Gasteiger partial charge is 0.303 e. The summed E-state index contributed by atoms with van der Waals surface area (Å²) in [5, 5.41) is 25.9. The second-order valence-corrected chi connectivity index (χ2v) is 10.4. The number of anilines is 4. The molecule has 6 N–H and O–H groups in total. The Morgan fingerprint density at radius 3 is 2.24 bits per heavy atom. The zero-order valence-corrected chi connectivity index (χ0v) is 23.9. The highest BCUT2D eigenvalue weighted by molar-refractivity contribution is 5.75. The van der Waals surface area contributed by atoms with Gasteiger partial charge in [-0.3, -0.25) is 9.59 Å². The van der Waals surface area contributed by atoms with Crippen LogP contribution < -0.4 is 25.6 Å². The molecule has 1 saturated heterocycles. The maximum atomic E-state index is 14.2. The zero-order valence-electron chi connectivity index (χ0n) is 23.9. The predicted octanol–water partition coefficient (Wildman–Crippen LogP) is 3.31. The first-order valence-electron chi connectivity index (χ1n) is 14.4. The van der Waals surface area contributed by atoms with Crippen molar-refractivity contribution in [3.63, 3.8) is 0 Å². The fourth-order valence-electron chi connectivity index (χ4n) is 5.18. The molecule has 41 heavy (non-hydrogen) atoms. The molecule has 0 amide bonds. The van der Waals surface area contributed by atoms with Crippen LogP contribution in [-0.4, -0.2) is 75.9 Å². The number of likely N-dealkylation sites (N-methyl/N-ethyl adjacent to an activating group) is 1. The fourth-order valence-corrected chi connectivity index (χ4v) is 5.18. The van der Waals surface area contributed by atoms with Crippen LogP contribution in [-0.2, 0) is 9.59 Å². The van der Waals surface area contributed by atoms with Gasteiger partial charge in [0.05, 0.1) is 39.6 Å². The Bertz CT molecular complexity index is 1120. The summed E-state index contributed by atoms with van der Waals surface area (Å²) in [5.41, 5.74) is 0.559. The molecule has 2 unspecified atom stereocenters. The van der Waals surface area contributed by atoms with Crippen molar-refractivity contribution >= 4 is 35.5 Å². The molecule has 1 aliphatic heterocycles. The largest absolute Gasteiger partial charge is 0.494 e. The molecule has 4 rings (SSSR count). The molecule has 1 aromatic carbocycles. The van der Waals surface area contributed by atoms with E-state index >= 15 is 0 Å². The number of quaternary nitrogens is 1. The third kappa shape index (κ3) is 11.0. The number of halogens is 1. The van der Waals surface area contributed by atoms with Crippen LogP contribution in [0.15, 0.2) is 18.2 Å². The van der Waals surface area contributed by atoms with Crippen LogP contribution in [0.2, 0.25) is 0 Å². The van der Waals surface area contributed by atoms with E-state index in [9.17, 15) is 14.0 Å². The lowest BCUT2D eigenvalue weighted by Gasteiger charge is -2.21. The van der Waals surface area contributed by atoms with Gasteiger partial charge in [0, 0.05) is 30.6 Å². The van der Waals surface area contributed by atoms with Crippen molar-refractivity contribution in [3.8, 4) is 5.75 Å². The van der Waals surface area contributed by atoms with E-state index in [1.165, 1.54) is 58.2 Å². The molecule has 2 atom stereocenters. The number of rotatable bonds is 12. The van der Waals surface area contributed by atoms with Gasteiger partial charge in [0.2, 0.25) is 17.8 Å². The van der Waals surface area contributed by atoms with Crippen LogP contribution in [0.4, 0.5) is 27.9 Å². The van der Waals surface area contributed by atoms with Crippen LogP contribution in [0, 0.1) is 5.82 Å². The first-order chi connectivity index (χ1) is 19.8. The molecule has 2 fully saturated rings. The highest BCUT2D eigenvalue weighted by Crippen LogP contribution is 2.24. The lowest BCUT2D eigenvalue weighted by atomic mass is 10.1. The number of hydrogen-bond acceptors (Lipinski definition) is 9. The number of likely N-dealkylation sites (tertiary alicyclic amines) is 1. The van der Waals surface area contributed by atoms with E-state index in [0.717, 1.165) is 25.9 Å². The Hall–Kier alpha value is -3.74. The highest BCUT2D eigenvalue weighted by Gasteiger charge is 2.27. The van der Waals surface area contributed by atoms with E-state index < -0.39 is 17.8 Å². The Labute approximate surface area is 240 Å². The summed E-state index contributed by atoms with van der Waals surface area (Å²) in [6.45, 7) is 5.42. The molecule has 1 aromatic heterocycles. The zero-order chi connectivity index (χ0) is 29.6. The molecule has 0 spiro atoms. The minimum absolute atomic E-state index is 0.203. The van der Waals surface area contributed by atoms with Crippen molar-refractivity contribution in [2.45, 2.75) is 83.2 Å². The van der Waals surface area contributed by atoms with Crippen molar-refractivity contribution in [1.82, 2.24) is 15.0 Å². The second-order valence-electron chi connectivity index (χ2n) is 10.4. The number of aromatic nitrogens is 3. The molecule has 0 radical (unpaired) electrons. The molecular weight excluding hydrogens is 533 g/mol. The quantitative estimate of drug-likeness (QED) is 0.206. The van der Waals surface area contributed by atoms with Crippen LogP contribution in [0.3, 0.4) is 0 Å². The van der Waals surface area contributed by atoms with E-state index in [0.29, 0.717) is 35.6 Å². The second kappa shape index (κ2) is 16.5. The SMILES string of the molecule is CC[NH+]1CCCC1CNc1nc(Nc2ccc(OC)c(F)c2)nc(NC2CCCCCC2)n1.O=C(O)CCC(=O)O. The van der Waals surface area contributed by atoms with Crippen molar-refractivity contribution in [2.75, 3.05) is 42.7 Å². The summed E-state index contributed by atoms with van der Waals surface area (Å²) < 4.78 is 19.2. The van der Waals surface area contributed by atoms with Crippen LogP contribution >= 0.6 is 0 Å². The van der Waals surface area contributed by atoms with Gasteiger partial charge in [-0.25, -0.2) is 4.39 Å². The third-order valence-corrected chi connectivity index (χ3v) is 7.37. The van der Waals surface area contributed by atoms with Gasteiger partial charge >= 0.3 is 11.9 Å². The normalized spacial score (nSPS) is 18.9. The van der Waals surface area contributed by atoms with Gasteiger partial charge < -0.3 is 35.8 Å². The van der Waals surface area contributed by atoms with Crippen LogP contribution in [0.5, 0.6) is 5.75 Å². The van der Waals surface area contributed by atoms with Gasteiger partial charge in [-0.1, -0.05) is 25.7 Å². The molecule has 13 heteroatoms. The van der Waals surface area contributed by atoms with Gasteiger partial charge in [0.1, 0.15) is 6.04 Å². The number of ether oxygens (including phenoxy) is 1. The average Bonchev–Trinajstić information content (AvgIpc) is 3.25. The van der Waals surface area contributed by atoms with Crippen molar-refractivity contribution < 1.29 is 33.8 Å². The molecule has 226 valence electrons. The summed E-state index contributed by atoms with van der Waals surface area (Å²) in [6, 6.07) is 5.65. The molecule has 2 aromatic rings. The Balaban J connectivity index is 0.000000507. The first-order valence-corrected chi connectivity index (χ1v) is 14.4. The molecule has 2 aliphatic rings. The van der Waals surface area contributed by atoms with Crippen molar-refractivity contribution in [1.29, 1.82) is 0 Å². The van der Waals surface area contributed by atoms with E-state index in [1.807, 2.05) is 0 Å². The number of aliphatic carboxylic acids is 2. The highest BCUT2D eigenvalue weighted by atomic mass is 19.1. The van der Waals surface area contributed by atoms with Crippen molar-refractivity contribution in [2.24, 2.45) is 0 Å². The molecular formula is C28H43FN7O5+. The first kappa shape index (κ1) is 31.8. The van der Waals surface area contributed by atoms with Gasteiger partial charge in [-0.05, 0) is 31.9 Å². The Kier molecular flexibility index (Phi) is 12.8. The lowest BCUT2D eigenvalue weighted by molar-refractivity contribution is -0.908. The lowest BCUT2D eigenvalue weighted by Crippen LogP contribution is -3.14. The van der Waals surface area contributed by atoms with E-state index in [4.69, 9.17) is 14.9 Å². The fraction of sp³-hybridized carbons (Fsp3) is 0.607. The van der Waals surface area contributed by atoms with Gasteiger partial charge in [0.25, 0.3) is 0 Å². The number of carbonyl (C=O) groups is 2. The average molecular weight is 577 g/mol. The summed E-state index contributed by atoms with van der Waals surface area (Å²) >= 11 is 0. The van der Waals surface area contributed by atoms with Crippen molar-refractivity contribution in [3.05, 3.63) is 24.0 Å². The standard InChI is InChI=1S/C24H36FN7O.C4H6O4/c1-3-32-14-8-11-19(32)16-26-22-29-23(27-17-9-6-4-5-7-10-17)31-24(30-22)28-18-12-13-21(33-2)20(25)15-18;5-3(6)1-2-4(7)8/h12-13,15,17,19H,3-11,14,16H2,1-2H3,(H3,26,27,28,29,30,31);1-2H2,(H,5,6)(H,7,8)/p+1. The minimum atomic E-state index is -1.08. The maximum absolute atomic E-state index is 14.2. The molecule has 2 heterocycles. The number of hydrogen-bond donors (Lipinski definition) is 6. The molecule has 12 nitrogen and oxygen atoms in total. The summed E-state index contributed by atoms with van der Waals surface area (Å²) in [7, 11) is 1.45. The monoisotopic (exact) mass is 576 g/mol. The maximum Gasteiger partial charge on any atom is 0.303 e. The van der Waals surface area contributed by atoms with E-state index in [1.54, 1.807) is 17.0 Å².